The fourth-order valence-corrected chi connectivity index (χ4v) is 1.81. The maximum Gasteiger partial charge on any atom is 0.406 e. The number of carbonyl (C=O) groups excluding carboxylic acids is 1. The smallest absolute Gasteiger partial charge is 0.331 e. The average molecular weight is 261 g/mol. The number of nitrogens with zero attached hydrogens (tertiary/aromatic N) is 1. The highest BCUT2D eigenvalue weighted by Crippen LogP contribution is 2.21. The second-order valence-corrected chi connectivity index (χ2v) is 3.74. The SMILES string of the molecule is CC(=O)N(CC(F)(F)F)C1CCNCC1.Cl. The van der Waals surface area contributed by atoms with Gasteiger partial charge in [-0.25, -0.2) is 0 Å². The van der Waals surface area contributed by atoms with E-state index in [0.717, 1.165) is 4.90 Å². The fourth-order valence-electron chi connectivity index (χ4n) is 1.81. The number of alkyl halides is 3. The van der Waals surface area contributed by atoms with Crippen LogP contribution >= 0.6 is 12.4 Å². The van der Waals surface area contributed by atoms with E-state index in [-0.39, 0.29) is 18.4 Å². The van der Waals surface area contributed by atoms with Crippen LogP contribution in [0, 0.1) is 0 Å². The third-order valence-electron chi connectivity index (χ3n) is 2.50. The van der Waals surface area contributed by atoms with Gasteiger partial charge in [0.1, 0.15) is 6.54 Å². The number of halogens is 4. The number of piperidine rings is 1. The zero-order chi connectivity index (χ0) is 11.5. The lowest BCUT2D eigenvalue weighted by atomic mass is 10.0. The first-order valence-corrected chi connectivity index (χ1v) is 4.95. The molecule has 0 radical (unpaired) electrons. The largest absolute Gasteiger partial charge is 0.406 e. The second-order valence-electron chi connectivity index (χ2n) is 3.74. The Morgan fingerprint density at radius 1 is 1.38 bits per heavy atom. The molecule has 1 rings (SSSR count). The van der Waals surface area contributed by atoms with Crippen molar-refractivity contribution in [3.63, 3.8) is 0 Å². The van der Waals surface area contributed by atoms with Crippen LogP contribution in [0.15, 0.2) is 0 Å². The Balaban J connectivity index is 0.00000225. The predicted octanol–water partition coefficient (Wildman–Crippen LogP) is 1.57. The fraction of sp³-hybridized carbons (Fsp3) is 0.889. The lowest BCUT2D eigenvalue weighted by Gasteiger charge is -2.34. The topological polar surface area (TPSA) is 32.3 Å². The van der Waals surface area contributed by atoms with Gasteiger partial charge in [-0.2, -0.15) is 13.2 Å². The van der Waals surface area contributed by atoms with E-state index in [1.807, 2.05) is 0 Å². The molecule has 16 heavy (non-hydrogen) atoms. The highest BCUT2D eigenvalue weighted by atomic mass is 35.5. The van der Waals surface area contributed by atoms with Crippen molar-refractivity contribution in [3.8, 4) is 0 Å². The van der Waals surface area contributed by atoms with E-state index in [2.05, 4.69) is 5.32 Å². The summed E-state index contributed by atoms with van der Waals surface area (Å²) in [5.41, 5.74) is 0. The molecule has 96 valence electrons. The zero-order valence-corrected chi connectivity index (χ0v) is 9.83. The quantitative estimate of drug-likeness (QED) is 0.817. The van der Waals surface area contributed by atoms with E-state index in [0.29, 0.717) is 25.9 Å². The molecule has 0 saturated carbocycles. The van der Waals surface area contributed by atoms with Crippen LogP contribution in [0.2, 0.25) is 0 Å². The molecule has 1 amide bonds. The summed E-state index contributed by atoms with van der Waals surface area (Å²) in [6.07, 6.45) is -3.12. The summed E-state index contributed by atoms with van der Waals surface area (Å²) in [7, 11) is 0. The third kappa shape index (κ3) is 5.03. The maximum absolute atomic E-state index is 12.2. The van der Waals surface area contributed by atoms with Gasteiger partial charge in [0.15, 0.2) is 0 Å². The maximum atomic E-state index is 12.2. The molecule has 0 bridgehead atoms. The van der Waals surface area contributed by atoms with Crippen LogP contribution in [0.25, 0.3) is 0 Å². The number of hydrogen-bond donors (Lipinski definition) is 1. The van der Waals surface area contributed by atoms with E-state index in [4.69, 9.17) is 0 Å². The molecule has 0 unspecified atom stereocenters. The molecule has 1 aliphatic rings. The van der Waals surface area contributed by atoms with Gasteiger partial charge in [0, 0.05) is 13.0 Å². The van der Waals surface area contributed by atoms with E-state index >= 15 is 0 Å². The third-order valence-corrected chi connectivity index (χ3v) is 2.50. The highest BCUT2D eigenvalue weighted by molar-refractivity contribution is 5.85. The molecular weight excluding hydrogens is 245 g/mol. The monoisotopic (exact) mass is 260 g/mol. The normalized spacial score (nSPS) is 17.8. The van der Waals surface area contributed by atoms with Gasteiger partial charge < -0.3 is 10.2 Å². The van der Waals surface area contributed by atoms with E-state index in [9.17, 15) is 18.0 Å². The average Bonchev–Trinajstić information content (AvgIpc) is 2.14. The van der Waals surface area contributed by atoms with E-state index in [1.54, 1.807) is 0 Å². The summed E-state index contributed by atoms with van der Waals surface area (Å²) >= 11 is 0. The first-order valence-electron chi connectivity index (χ1n) is 4.95. The minimum Gasteiger partial charge on any atom is -0.331 e. The first kappa shape index (κ1) is 15.5. The van der Waals surface area contributed by atoms with Crippen LogP contribution < -0.4 is 5.32 Å². The standard InChI is InChI=1S/C9H15F3N2O.ClH/c1-7(15)14(6-9(10,11)12)8-2-4-13-5-3-8;/h8,13H,2-6H2,1H3;1H. The van der Waals surface area contributed by atoms with Crippen molar-refractivity contribution in [2.24, 2.45) is 0 Å². The molecule has 0 spiro atoms. The first-order chi connectivity index (χ1) is 6.90. The molecule has 0 aromatic heterocycles. The summed E-state index contributed by atoms with van der Waals surface area (Å²) < 4.78 is 36.6. The van der Waals surface area contributed by atoms with Crippen molar-refractivity contribution in [3.05, 3.63) is 0 Å². The van der Waals surface area contributed by atoms with Gasteiger partial charge in [0.2, 0.25) is 5.91 Å². The Labute approximate surface area is 98.8 Å². The van der Waals surface area contributed by atoms with Gasteiger partial charge in [-0.05, 0) is 25.9 Å². The van der Waals surface area contributed by atoms with Gasteiger partial charge in [-0.3, -0.25) is 4.79 Å². The molecule has 1 fully saturated rings. The van der Waals surface area contributed by atoms with Crippen molar-refractivity contribution in [2.75, 3.05) is 19.6 Å². The van der Waals surface area contributed by atoms with Crippen molar-refractivity contribution < 1.29 is 18.0 Å². The van der Waals surface area contributed by atoms with Crippen molar-refractivity contribution in [1.82, 2.24) is 10.2 Å². The molecule has 1 aliphatic heterocycles. The van der Waals surface area contributed by atoms with Gasteiger partial charge in [0.05, 0.1) is 0 Å². The van der Waals surface area contributed by atoms with E-state index < -0.39 is 18.6 Å². The van der Waals surface area contributed by atoms with Crippen LogP contribution in [-0.2, 0) is 4.79 Å². The Morgan fingerprint density at radius 3 is 2.25 bits per heavy atom. The van der Waals surface area contributed by atoms with Gasteiger partial charge in [0.25, 0.3) is 0 Å². The van der Waals surface area contributed by atoms with Crippen LogP contribution in [0.1, 0.15) is 19.8 Å². The van der Waals surface area contributed by atoms with Crippen molar-refractivity contribution >= 4 is 18.3 Å². The molecule has 7 heteroatoms. The number of carbonyl (C=O) groups is 1. The zero-order valence-electron chi connectivity index (χ0n) is 9.01. The molecule has 3 nitrogen and oxygen atoms in total. The summed E-state index contributed by atoms with van der Waals surface area (Å²) in [5, 5.41) is 3.05. The lowest BCUT2D eigenvalue weighted by molar-refractivity contribution is -0.165. The van der Waals surface area contributed by atoms with E-state index in [1.165, 1.54) is 6.92 Å². The van der Waals surface area contributed by atoms with Gasteiger partial charge in [-0.1, -0.05) is 0 Å². The summed E-state index contributed by atoms with van der Waals surface area (Å²) in [6, 6.07) is -0.273. The number of nitrogens with one attached hydrogen (secondary N) is 1. The van der Waals surface area contributed by atoms with Crippen LogP contribution in [0.3, 0.4) is 0 Å². The summed E-state index contributed by atoms with van der Waals surface area (Å²) in [6.45, 7) is 1.40. The van der Waals surface area contributed by atoms with Gasteiger partial charge in [-0.15, -0.1) is 12.4 Å². The molecule has 1 N–H and O–H groups in total. The Bertz CT molecular complexity index is 229. The van der Waals surface area contributed by atoms with Crippen molar-refractivity contribution in [2.45, 2.75) is 32.0 Å². The molecule has 0 aromatic rings. The number of rotatable bonds is 2. The Hall–Kier alpha value is -0.490. The minimum atomic E-state index is -4.31. The Morgan fingerprint density at radius 2 is 1.88 bits per heavy atom. The molecular formula is C9H16ClF3N2O. The van der Waals surface area contributed by atoms with Crippen LogP contribution in [0.4, 0.5) is 13.2 Å². The van der Waals surface area contributed by atoms with Gasteiger partial charge >= 0.3 is 6.18 Å². The second kappa shape index (κ2) is 6.30. The van der Waals surface area contributed by atoms with Crippen LogP contribution in [0.5, 0.6) is 0 Å². The number of hydrogen-bond acceptors (Lipinski definition) is 2. The Kier molecular flexibility index (Phi) is 6.10. The lowest BCUT2D eigenvalue weighted by Crippen LogP contribution is -2.48. The molecule has 0 aromatic carbocycles. The highest BCUT2D eigenvalue weighted by Gasteiger charge is 2.35. The minimum absolute atomic E-state index is 0. The molecule has 1 saturated heterocycles. The summed E-state index contributed by atoms with van der Waals surface area (Å²) in [5.74, 6) is -0.501. The predicted molar refractivity (Wildman–Crippen MR) is 56.6 cm³/mol. The van der Waals surface area contributed by atoms with Crippen LogP contribution in [-0.4, -0.2) is 42.7 Å². The molecule has 0 aliphatic carbocycles. The summed E-state index contributed by atoms with van der Waals surface area (Å²) in [4.78, 5) is 12.1. The van der Waals surface area contributed by atoms with Crippen molar-refractivity contribution in [1.29, 1.82) is 0 Å². The molecule has 0 atom stereocenters. The number of amides is 1. The molecule has 1 heterocycles.